The van der Waals surface area contributed by atoms with Gasteiger partial charge in [-0.2, -0.15) is 0 Å². The SMILES string of the molecule is CC(=O)CCC1(S(=O)(=O)c2ccccc2)CCc2ccccc2C1=O. The Bertz CT molecular complexity index is 916. The summed E-state index contributed by atoms with van der Waals surface area (Å²) in [6, 6.07) is 15.2. The quantitative estimate of drug-likeness (QED) is 0.823. The molecule has 2 aromatic rings. The van der Waals surface area contributed by atoms with Gasteiger partial charge in [0.25, 0.3) is 0 Å². The van der Waals surface area contributed by atoms with Crippen molar-refractivity contribution in [1.29, 1.82) is 0 Å². The second kappa shape index (κ2) is 6.56. The Balaban J connectivity index is 2.16. The lowest BCUT2D eigenvalue weighted by atomic mass is 9.79. The van der Waals surface area contributed by atoms with Gasteiger partial charge >= 0.3 is 0 Å². The molecule has 1 unspecified atom stereocenters. The second-order valence-electron chi connectivity index (χ2n) is 6.50. The minimum atomic E-state index is -3.91. The van der Waals surface area contributed by atoms with Gasteiger partial charge < -0.3 is 4.79 Å². The van der Waals surface area contributed by atoms with E-state index in [0.717, 1.165) is 5.56 Å². The predicted octanol–water partition coefficient (Wildman–Crippen LogP) is 3.40. The van der Waals surface area contributed by atoms with Crippen LogP contribution in [-0.2, 0) is 21.1 Å². The third-order valence-electron chi connectivity index (χ3n) is 4.92. The van der Waals surface area contributed by atoms with Crippen LogP contribution in [0.4, 0.5) is 0 Å². The monoisotopic (exact) mass is 356 g/mol. The van der Waals surface area contributed by atoms with Gasteiger partial charge in [-0.15, -0.1) is 0 Å². The summed E-state index contributed by atoms with van der Waals surface area (Å²) in [5.41, 5.74) is 1.33. The molecule has 1 atom stereocenters. The number of ketones is 2. The van der Waals surface area contributed by atoms with Crippen molar-refractivity contribution in [3.63, 3.8) is 0 Å². The highest BCUT2D eigenvalue weighted by Gasteiger charge is 2.52. The van der Waals surface area contributed by atoms with Crippen molar-refractivity contribution in [3.05, 3.63) is 65.7 Å². The van der Waals surface area contributed by atoms with E-state index in [4.69, 9.17) is 0 Å². The Labute approximate surface area is 147 Å². The van der Waals surface area contributed by atoms with E-state index < -0.39 is 14.6 Å². The maximum Gasteiger partial charge on any atom is 0.191 e. The molecule has 0 saturated carbocycles. The first-order chi connectivity index (χ1) is 11.9. The fourth-order valence-corrected chi connectivity index (χ4v) is 5.55. The molecule has 0 aromatic heterocycles. The number of hydrogen-bond acceptors (Lipinski definition) is 4. The second-order valence-corrected chi connectivity index (χ2v) is 8.76. The fraction of sp³-hybridized carbons (Fsp3) is 0.300. The van der Waals surface area contributed by atoms with Crippen molar-refractivity contribution in [2.24, 2.45) is 0 Å². The molecule has 0 bridgehead atoms. The van der Waals surface area contributed by atoms with Crippen molar-refractivity contribution in [2.45, 2.75) is 42.2 Å². The lowest BCUT2D eigenvalue weighted by Crippen LogP contribution is -2.49. The van der Waals surface area contributed by atoms with Crippen LogP contribution in [0.15, 0.2) is 59.5 Å². The largest absolute Gasteiger partial charge is 0.300 e. The molecule has 1 aliphatic rings. The molecular weight excluding hydrogens is 336 g/mol. The normalized spacial score (nSPS) is 20.1. The highest BCUT2D eigenvalue weighted by molar-refractivity contribution is 7.93. The summed E-state index contributed by atoms with van der Waals surface area (Å²) in [5, 5.41) is 0. The molecule has 0 heterocycles. The van der Waals surface area contributed by atoms with Crippen LogP contribution in [0.1, 0.15) is 42.1 Å². The van der Waals surface area contributed by atoms with Gasteiger partial charge in [-0.1, -0.05) is 42.5 Å². The maximum absolute atomic E-state index is 13.4. The van der Waals surface area contributed by atoms with E-state index in [-0.39, 0.29) is 35.7 Å². The van der Waals surface area contributed by atoms with Crippen LogP contribution in [0.3, 0.4) is 0 Å². The van der Waals surface area contributed by atoms with Crippen molar-refractivity contribution in [2.75, 3.05) is 0 Å². The highest BCUT2D eigenvalue weighted by Crippen LogP contribution is 2.41. The number of fused-ring (bicyclic) bond motifs is 1. The van der Waals surface area contributed by atoms with Crippen molar-refractivity contribution in [3.8, 4) is 0 Å². The van der Waals surface area contributed by atoms with Gasteiger partial charge in [-0.25, -0.2) is 8.42 Å². The van der Waals surface area contributed by atoms with Crippen molar-refractivity contribution < 1.29 is 18.0 Å². The molecule has 0 amide bonds. The molecule has 0 spiro atoms. The zero-order valence-corrected chi connectivity index (χ0v) is 14.9. The minimum Gasteiger partial charge on any atom is -0.300 e. The molecule has 0 N–H and O–H groups in total. The van der Waals surface area contributed by atoms with Gasteiger partial charge in [0, 0.05) is 12.0 Å². The number of hydrogen-bond donors (Lipinski definition) is 0. The van der Waals surface area contributed by atoms with Crippen LogP contribution in [-0.4, -0.2) is 24.7 Å². The molecular formula is C20H20O4S. The van der Waals surface area contributed by atoms with E-state index in [0.29, 0.717) is 12.0 Å². The number of sulfone groups is 1. The maximum atomic E-state index is 13.4. The third-order valence-corrected chi connectivity index (χ3v) is 7.44. The average Bonchev–Trinajstić information content (AvgIpc) is 2.62. The van der Waals surface area contributed by atoms with Gasteiger partial charge in [0.05, 0.1) is 4.90 Å². The smallest absolute Gasteiger partial charge is 0.191 e. The number of benzene rings is 2. The predicted molar refractivity (Wildman–Crippen MR) is 95.4 cm³/mol. The van der Waals surface area contributed by atoms with Gasteiger partial charge in [-0.05, 0) is 43.9 Å². The Morgan fingerprint density at radius 2 is 1.68 bits per heavy atom. The standard InChI is InChI=1S/C20H20O4S/c1-15(21)11-13-20(25(23,24)17-8-3-2-4-9-17)14-12-16-7-5-6-10-18(16)19(20)22/h2-10H,11-14H2,1H3. The molecule has 2 aromatic carbocycles. The molecule has 3 rings (SSSR count). The van der Waals surface area contributed by atoms with Crippen LogP contribution in [0, 0.1) is 0 Å². The van der Waals surface area contributed by atoms with Crippen LogP contribution in [0.2, 0.25) is 0 Å². The zero-order chi connectivity index (χ0) is 18.1. The molecule has 5 heteroatoms. The number of carbonyl (C=O) groups excluding carboxylic acids is 2. The Kier molecular flexibility index (Phi) is 4.60. The molecule has 0 saturated heterocycles. The summed E-state index contributed by atoms with van der Waals surface area (Å²) in [4.78, 5) is 24.9. The Morgan fingerprint density at radius 1 is 1.04 bits per heavy atom. The average molecular weight is 356 g/mol. The van der Waals surface area contributed by atoms with Gasteiger partial charge in [-0.3, -0.25) is 4.79 Å². The van der Waals surface area contributed by atoms with E-state index in [2.05, 4.69) is 0 Å². The number of aryl methyl sites for hydroxylation is 1. The summed E-state index contributed by atoms with van der Waals surface area (Å²) in [6.45, 7) is 1.42. The highest BCUT2D eigenvalue weighted by atomic mass is 32.2. The minimum absolute atomic E-state index is 0.0206. The lowest BCUT2D eigenvalue weighted by molar-refractivity contribution is -0.117. The zero-order valence-electron chi connectivity index (χ0n) is 14.1. The number of Topliss-reactive ketones (excluding diaryl/α,β-unsaturated/α-hetero) is 2. The van der Waals surface area contributed by atoms with Gasteiger partial charge in [0.15, 0.2) is 15.6 Å². The molecule has 1 aliphatic carbocycles. The summed E-state index contributed by atoms with van der Waals surface area (Å²) in [7, 11) is -3.91. The van der Waals surface area contributed by atoms with Crippen molar-refractivity contribution >= 4 is 21.4 Å². The van der Waals surface area contributed by atoms with E-state index in [1.807, 2.05) is 12.1 Å². The Morgan fingerprint density at radius 3 is 2.36 bits per heavy atom. The van der Waals surface area contributed by atoms with E-state index in [1.54, 1.807) is 30.3 Å². The van der Waals surface area contributed by atoms with Gasteiger partial charge in [0.2, 0.25) is 0 Å². The summed E-state index contributed by atoms with van der Waals surface area (Å²) >= 11 is 0. The summed E-state index contributed by atoms with van der Waals surface area (Å²) in [5.74, 6) is -0.506. The van der Waals surface area contributed by atoms with Gasteiger partial charge in [0.1, 0.15) is 10.5 Å². The van der Waals surface area contributed by atoms with Crippen molar-refractivity contribution in [1.82, 2.24) is 0 Å². The first kappa shape index (κ1) is 17.5. The molecule has 25 heavy (non-hydrogen) atoms. The van der Waals surface area contributed by atoms with E-state index in [1.165, 1.54) is 19.1 Å². The lowest BCUT2D eigenvalue weighted by Gasteiger charge is -2.36. The first-order valence-electron chi connectivity index (χ1n) is 8.30. The molecule has 0 aliphatic heterocycles. The third kappa shape index (κ3) is 2.93. The van der Waals surface area contributed by atoms with Crippen LogP contribution in [0.25, 0.3) is 0 Å². The summed E-state index contributed by atoms with van der Waals surface area (Å²) in [6.07, 6.45) is 0.798. The number of rotatable bonds is 5. The molecule has 0 radical (unpaired) electrons. The molecule has 4 nitrogen and oxygen atoms in total. The number of carbonyl (C=O) groups is 2. The van der Waals surface area contributed by atoms with E-state index in [9.17, 15) is 18.0 Å². The van der Waals surface area contributed by atoms with Crippen LogP contribution >= 0.6 is 0 Å². The summed E-state index contributed by atoms with van der Waals surface area (Å²) < 4.78 is 25.2. The van der Waals surface area contributed by atoms with Crippen LogP contribution < -0.4 is 0 Å². The molecule has 130 valence electrons. The molecule has 0 fully saturated rings. The van der Waals surface area contributed by atoms with E-state index >= 15 is 0 Å². The Hall–Kier alpha value is -2.27. The topological polar surface area (TPSA) is 68.3 Å². The van der Waals surface area contributed by atoms with Crippen LogP contribution in [0.5, 0.6) is 0 Å². The fourth-order valence-electron chi connectivity index (χ4n) is 3.49. The first-order valence-corrected chi connectivity index (χ1v) is 9.79.